The molecule has 0 N–H and O–H groups in total. The zero-order chi connectivity index (χ0) is 20.6. The molecule has 1 atom stereocenters. The van der Waals surface area contributed by atoms with Crippen molar-refractivity contribution >= 4 is 11.7 Å². The number of ketones is 1. The molecule has 0 radical (unpaired) electrons. The van der Waals surface area contributed by atoms with Gasteiger partial charge in [0, 0.05) is 18.5 Å². The summed E-state index contributed by atoms with van der Waals surface area (Å²) in [6.07, 6.45) is 0.839. The number of hydrogen-bond donors (Lipinski definition) is 0. The van der Waals surface area contributed by atoms with Gasteiger partial charge in [0.15, 0.2) is 17.3 Å². The van der Waals surface area contributed by atoms with E-state index in [0.29, 0.717) is 53.6 Å². The van der Waals surface area contributed by atoms with Crippen molar-refractivity contribution in [3.8, 4) is 23.0 Å². The van der Waals surface area contributed by atoms with Crippen LogP contribution in [0.2, 0.25) is 0 Å². The Morgan fingerprint density at radius 1 is 1.03 bits per heavy atom. The van der Waals surface area contributed by atoms with E-state index in [1.54, 1.807) is 55.5 Å². The lowest BCUT2D eigenvalue weighted by molar-refractivity contribution is 0.0427. The van der Waals surface area contributed by atoms with E-state index in [9.17, 15) is 9.59 Å². The number of methoxy groups -OCH3 is 3. The average molecular weight is 397 g/mol. The highest BCUT2D eigenvalue weighted by atomic mass is 16.5. The maximum Gasteiger partial charge on any atom is 0.254 e. The molecule has 0 saturated carbocycles. The Morgan fingerprint density at radius 2 is 1.83 bits per heavy atom. The smallest absolute Gasteiger partial charge is 0.254 e. The van der Waals surface area contributed by atoms with E-state index in [2.05, 4.69) is 0 Å². The van der Waals surface area contributed by atoms with E-state index in [4.69, 9.17) is 18.9 Å². The molecule has 2 aliphatic rings. The van der Waals surface area contributed by atoms with Crippen molar-refractivity contribution in [2.45, 2.75) is 18.4 Å². The molecule has 1 spiro atoms. The lowest BCUT2D eigenvalue weighted by atomic mass is 9.89. The first-order valence-corrected chi connectivity index (χ1v) is 9.40. The molecule has 7 heteroatoms. The number of amides is 1. The van der Waals surface area contributed by atoms with Crippen LogP contribution < -0.4 is 18.9 Å². The summed E-state index contributed by atoms with van der Waals surface area (Å²) in [6, 6.07) is 10.3. The van der Waals surface area contributed by atoms with Gasteiger partial charge in [-0.2, -0.15) is 0 Å². The lowest BCUT2D eigenvalue weighted by Crippen LogP contribution is -2.45. The number of hydrogen-bond acceptors (Lipinski definition) is 6. The Hall–Kier alpha value is -3.22. The van der Waals surface area contributed by atoms with Gasteiger partial charge >= 0.3 is 0 Å². The number of benzene rings is 2. The number of fused-ring (bicyclic) bond motifs is 1. The predicted octanol–water partition coefficient (Wildman–Crippen LogP) is 2.96. The molecule has 0 aromatic heterocycles. The van der Waals surface area contributed by atoms with Gasteiger partial charge in [-0.1, -0.05) is 0 Å². The number of likely N-dealkylation sites (tertiary alicyclic amines) is 1. The Labute approximate surface area is 169 Å². The maximum absolute atomic E-state index is 13.0. The van der Waals surface area contributed by atoms with Crippen molar-refractivity contribution < 1.29 is 28.5 Å². The minimum atomic E-state index is -0.690. The molecule has 2 aliphatic heterocycles. The third kappa shape index (κ3) is 3.37. The van der Waals surface area contributed by atoms with Crippen LogP contribution in [-0.2, 0) is 0 Å². The Balaban J connectivity index is 1.54. The maximum atomic E-state index is 13.0. The van der Waals surface area contributed by atoms with E-state index >= 15 is 0 Å². The Kier molecular flexibility index (Phi) is 4.82. The lowest BCUT2D eigenvalue weighted by Gasteiger charge is -2.34. The number of ether oxygens (including phenoxy) is 4. The van der Waals surface area contributed by atoms with Crippen molar-refractivity contribution in [3.05, 3.63) is 47.5 Å². The van der Waals surface area contributed by atoms with E-state index < -0.39 is 5.60 Å². The fourth-order valence-electron chi connectivity index (χ4n) is 4.00. The molecule has 2 aromatic rings. The first kappa shape index (κ1) is 19.1. The van der Waals surface area contributed by atoms with Crippen molar-refractivity contribution in [1.29, 1.82) is 0 Å². The zero-order valence-corrected chi connectivity index (χ0v) is 16.7. The molecule has 0 aliphatic carbocycles. The molecule has 1 saturated heterocycles. The molecule has 29 heavy (non-hydrogen) atoms. The largest absolute Gasteiger partial charge is 0.497 e. The van der Waals surface area contributed by atoms with Crippen LogP contribution in [-0.4, -0.2) is 56.6 Å². The van der Waals surface area contributed by atoms with E-state index in [1.165, 1.54) is 7.11 Å². The Bertz CT molecular complexity index is 972. The van der Waals surface area contributed by atoms with Gasteiger partial charge < -0.3 is 23.8 Å². The number of carbonyl (C=O) groups is 2. The summed E-state index contributed by atoms with van der Waals surface area (Å²) in [6.45, 7) is 0.878. The molecular formula is C22H23NO6. The first-order chi connectivity index (χ1) is 14.0. The van der Waals surface area contributed by atoms with E-state index in [0.717, 1.165) is 0 Å². The van der Waals surface area contributed by atoms with Crippen LogP contribution in [0.25, 0.3) is 0 Å². The molecule has 1 amide bonds. The summed E-state index contributed by atoms with van der Waals surface area (Å²) in [4.78, 5) is 27.5. The topological polar surface area (TPSA) is 74.3 Å². The normalized spacial score (nSPS) is 20.2. The van der Waals surface area contributed by atoms with Crippen molar-refractivity contribution in [1.82, 2.24) is 4.90 Å². The summed E-state index contributed by atoms with van der Waals surface area (Å²) in [5.74, 6) is 2.11. The number of Topliss-reactive ketones (excluding diaryl/α,β-unsaturated/α-hetero) is 1. The van der Waals surface area contributed by atoms with Crippen molar-refractivity contribution in [3.63, 3.8) is 0 Å². The van der Waals surface area contributed by atoms with Crippen molar-refractivity contribution in [2.24, 2.45) is 0 Å². The number of nitrogens with zero attached hydrogens (tertiary/aromatic N) is 1. The van der Waals surface area contributed by atoms with E-state index in [-0.39, 0.29) is 18.1 Å². The molecular weight excluding hydrogens is 374 g/mol. The van der Waals surface area contributed by atoms with Crippen molar-refractivity contribution in [2.75, 3.05) is 34.4 Å². The van der Waals surface area contributed by atoms with Crippen LogP contribution in [0.3, 0.4) is 0 Å². The zero-order valence-electron chi connectivity index (χ0n) is 16.7. The third-order valence-electron chi connectivity index (χ3n) is 5.53. The molecule has 152 valence electrons. The first-order valence-electron chi connectivity index (χ1n) is 9.40. The van der Waals surface area contributed by atoms with E-state index in [1.807, 2.05) is 0 Å². The summed E-state index contributed by atoms with van der Waals surface area (Å²) < 4.78 is 22.0. The van der Waals surface area contributed by atoms with Crippen LogP contribution in [0.15, 0.2) is 36.4 Å². The molecule has 2 heterocycles. The second kappa shape index (κ2) is 7.31. The minimum Gasteiger partial charge on any atom is -0.497 e. The highest BCUT2D eigenvalue weighted by molar-refractivity contribution is 6.01. The summed E-state index contributed by atoms with van der Waals surface area (Å²) in [5, 5.41) is 0. The Morgan fingerprint density at radius 3 is 2.55 bits per heavy atom. The highest BCUT2D eigenvalue weighted by Gasteiger charge is 2.47. The monoisotopic (exact) mass is 397 g/mol. The van der Waals surface area contributed by atoms with Gasteiger partial charge in [0.1, 0.15) is 17.1 Å². The molecule has 1 fully saturated rings. The van der Waals surface area contributed by atoms with Crippen LogP contribution in [0, 0.1) is 0 Å². The molecule has 0 bridgehead atoms. The fraction of sp³-hybridized carbons (Fsp3) is 0.364. The van der Waals surface area contributed by atoms with Gasteiger partial charge in [0.2, 0.25) is 0 Å². The standard InChI is InChI=1S/C22H23NO6/c1-26-15-5-7-18-16(11-15)17(24)12-22(29-18)8-9-23(13-22)21(25)14-4-6-19(27-2)20(10-14)28-3/h4-7,10-11H,8-9,12-13H2,1-3H3. The van der Waals surface area contributed by atoms with Gasteiger partial charge in [-0.15, -0.1) is 0 Å². The van der Waals surface area contributed by atoms with Crippen LogP contribution in [0.5, 0.6) is 23.0 Å². The summed E-state index contributed by atoms with van der Waals surface area (Å²) in [7, 11) is 4.64. The molecule has 1 unspecified atom stereocenters. The molecule has 2 aromatic carbocycles. The van der Waals surface area contributed by atoms with Crippen LogP contribution in [0.4, 0.5) is 0 Å². The number of carbonyl (C=O) groups excluding carboxylic acids is 2. The van der Waals surface area contributed by atoms with Crippen LogP contribution >= 0.6 is 0 Å². The number of rotatable bonds is 4. The second-order valence-electron chi connectivity index (χ2n) is 7.29. The van der Waals surface area contributed by atoms with Gasteiger partial charge in [-0.05, 0) is 36.4 Å². The summed E-state index contributed by atoms with van der Waals surface area (Å²) >= 11 is 0. The second-order valence-corrected chi connectivity index (χ2v) is 7.29. The quantitative estimate of drug-likeness (QED) is 0.790. The van der Waals surface area contributed by atoms with Gasteiger partial charge in [0.25, 0.3) is 5.91 Å². The third-order valence-corrected chi connectivity index (χ3v) is 5.53. The molecule has 4 rings (SSSR count). The van der Waals surface area contributed by atoms with Crippen LogP contribution in [0.1, 0.15) is 33.6 Å². The fourth-order valence-corrected chi connectivity index (χ4v) is 4.00. The molecule has 7 nitrogen and oxygen atoms in total. The van der Waals surface area contributed by atoms with Gasteiger partial charge in [-0.3, -0.25) is 9.59 Å². The highest BCUT2D eigenvalue weighted by Crippen LogP contribution is 2.40. The van der Waals surface area contributed by atoms with Gasteiger partial charge in [-0.25, -0.2) is 0 Å². The summed E-state index contributed by atoms with van der Waals surface area (Å²) in [5.41, 5.74) is 0.344. The predicted molar refractivity (Wildman–Crippen MR) is 105 cm³/mol. The minimum absolute atomic E-state index is 0.00515. The SMILES string of the molecule is COc1ccc2c(c1)C(=O)CC1(CCN(C(=O)c3ccc(OC)c(OC)c3)C1)O2. The van der Waals surface area contributed by atoms with Gasteiger partial charge in [0.05, 0.1) is 39.9 Å². The average Bonchev–Trinajstić information content (AvgIpc) is 3.15.